The molecule has 2 heterocycles. The average molecular weight is 413 g/mol. The fourth-order valence-electron chi connectivity index (χ4n) is 3.47. The standard InChI is InChI=1S/C20H20FN5O2S/c21-15-9-5-4-8-14(15)16-10-11-18(28)26(25-16)12-17(27)22-20-24-23-19(29-20)13-6-2-1-3-7-13/h4-5,8-11,13H,1-3,6-7,12H2,(H,22,24,27). The largest absolute Gasteiger partial charge is 0.299 e. The van der Waals surface area contributed by atoms with Crippen LogP contribution in [-0.4, -0.2) is 25.9 Å². The third kappa shape index (κ3) is 4.56. The Balaban J connectivity index is 1.46. The molecule has 150 valence electrons. The maximum Gasteiger partial charge on any atom is 0.267 e. The Morgan fingerprint density at radius 2 is 1.93 bits per heavy atom. The number of carbonyl (C=O) groups is 1. The monoisotopic (exact) mass is 413 g/mol. The summed E-state index contributed by atoms with van der Waals surface area (Å²) in [7, 11) is 0. The second-order valence-corrected chi connectivity index (χ2v) is 8.03. The lowest BCUT2D eigenvalue weighted by atomic mass is 9.90. The van der Waals surface area contributed by atoms with Gasteiger partial charge in [-0.25, -0.2) is 9.07 Å². The van der Waals surface area contributed by atoms with E-state index in [1.165, 1.54) is 48.8 Å². The van der Waals surface area contributed by atoms with Crippen molar-refractivity contribution in [1.29, 1.82) is 0 Å². The Kier molecular flexibility index (Phi) is 5.75. The number of benzene rings is 1. The molecule has 7 nitrogen and oxygen atoms in total. The molecule has 0 spiro atoms. The minimum atomic E-state index is -0.446. The van der Waals surface area contributed by atoms with E-state index >= 15 is 0 Å². The number of rotatable bonds is 5. The Morgan fingerprint density at radius 3 is 2.72 bits per heavy atom. The average Bonchev–Trinajstić information content (AvgIpc) is 3.19. The van der Waals surface area contributed by atoms with Crippen molar-refractivity contribution in [1.82, 2.24) is 20.0 Å². The van der Waals surface area contributed by atoms with Crippen LogP contribution < -0.4 is 10.9 Å². The van der Waals surface area contributed by atoms with Crippen LogP contribution in [0.4, 0.5) is 9.52 Å². The van der Waals surface area contributed by atoms with Crippen LogP contribution >= 0.6 is 11.3 Å². The molecule has 0 bridgehead atoms. The van der Waals surface area contributed by atoms with E-state index in [-0.39, 0.29) is 17.8 Å². The Morgan fingerprint density at radius 1 is 1.14 bits per heavy atom. The summed E-state index contributed by atoms with van der Waals surface area (Å²) in [6.45, 7) is -0.292. The van der Waals surface area contributed by atoms with Gasteiger partial charge >= 0.3 is 0 Å². The number of halogens is 1. The van der Waals surface area contributed by atoms with Crippen molar-refractivity contribution in [3.63, 3.8) is 0 Å². The van der Waals surface area contributed by atoms with Gasteiger partial charge in [0.05, 0.1) is 5.69 Å². The van der Waals surface area contributed by atoms with Crippen LogP contribution in [0.1, 0.15) is 43.0 Å². The van der Waals surface area contributed by atoms with Gasteiger partial charge in [-0.05, 0) is 31.0 Å². The smallest absolute Gasteiger partial charge is 0.267 e. The predicted molar refractivity (Wildman–Crippen MR) is 108 cm³/mol. The highest BCUT2D eigenvalue weighted by atomic mass is 32.1. The predicted octanol–water partition coefficient (Wildman–Crippen LogP) is 3.59. The molecule has 1 aliphatic rings. The number of carbonyl (C=O) groups excluding carboxylic acids is 1. The molecule has 29 heavy (non-hydrogen) atoms. The van der Waals surface area contributed by atoms with Crippen molar-refractivity contribution in [3.8, 4) is 11.3 Å². The lowest BCUT2D eigenvalue weighted by Crippen LogP contribution is -2.29. The lowest BCUT2D eigenvalue weighted by Gasteiger charge is -2.18. The molecule has 0 unspecified atom stereocenters. The van der Waals surface area contributed by atoms with Crippen molar-refractivity contribution in [3.05, 3.63) is 57.6 Å². The second kappa shape index (κ2) is 8.60. The maximum atomic E-state index is 14.0. The minimum absolute atomic E-state index is 0.267. The molecule has 1 aromatic carbocycles. The molecule has 4 rings (SSSR count). The molecule has 1 fully saturated rings. The van der Waals surface area contributed by atoms with Gasteiger partial charge in [0.15, 0.2) is 0 Å². The molecule has 9 heteroatoms. The summed E-state index contributed by atoms with van der Waals surface area (Å²) < 4.78 is 15.0. The zero-order chi connectivity index (χ0) is 20.2. The first-order valence-electron chi connectivity index (χ1n) is 9.56. The summed E-state index contributed by atoms with van der Waals surface area (Å²) in [5.41, 5.74) is 0.106. The number of hydrogen-bond donors (Lipinski definition) is 1. The van der Waals surface area contributed by atoms with E-state index in [1.807, 2.05) is 0 Å². The van der Waals surface area contributed by atoms with Crippen molar-refractivity contribution >= 4 is 22.4 Å². The van der Waals surface area contributed by atoms with Gasteiger partial charge < -0.3 is 0 Å². The highest BCUT2D eigenvalue weighted by Crippen LogP contribution is 2.35. The van der Waals surface area contributed by atoms with Crippen LogP contribution in [0.3, 0.4) is 0 Å². The number of nitrogens with one attached hydrogen (secondary N) is 1. The lowest BCUT2D eigenvalue weighted by molar-refractivity contribution is -0.117. The number of aromatic nitrogens is 4. The van der Waals surface area contributed by atoms with Crippen molar-refractivity contribution < 1.29 is 9.18 Å². The highest BCUT2D eigenvalue weighted by molar-refractivity contribution is 7.15. The van der Waals surface area contributed by atoms with Gasteiger partial charge in [-0.3, -0.25) is 14.9 Å². The molecule has 0 radical (unpaired) electrons. The third-order valence-electron chi connectivity index (χ3n) is 4.95. The van der Waals surface area contributed by atoms with Crippen LogP contribution in [0.15, 0.2) is 41.2 Å². The normalized spacial score (nSPS) is 14.7. The number of anilines is 1. The Labute approximate surface area is 170 Å². The summed E-state index contributed by atoms with van der Waals surface area (Å²) in [4.78, 5) is 24.5. The molecule has 1 N–H and O–H groups in total. The molecule has 0 saturated heterocycles. The zero-order valence-corrected chi connectivity index (χ0v) is 16.5. The zero-order valence-electron chi connectivity index (χ0n) is 15.7. The first-order chi connectivity index (χ1) is 14.1. The van der Waals surface area contributed by atoms with Gasteiger partial charge in [0.2, 0.25) is 11.0 Å². The fourth-order valence-corrected chi connectivity index (χ4v) is 4.40. The van der Waals surface area contributed by atoms with Crippen molar-refractivity contribution in [2.45, 2.75) is 44.6 Å². The number of amides is 1. The van der Waals surface area contributed by atoms with Crippen LogP contribution in [-0.2, 0) is 11.3 Å². The van der Waals surface area contributed by atoms with Gasteiger partial charge in [-0.2, -0.15) is 5.10 Å². The van der Waals surface area contributed by atoms with Crippen LogP contribution in [0.2, 0.25) is 0 Å². The first-order valence-corrected chi connectivity index (χ1v) is 10.4. The van der Waals surface area contributed by atoms with Crippen molar-refractivity contribution in [2.75, 3.05) is 5.32 Å². The van der Waals surface area contributed by atoms with Gasteiger partial charge in [0.25, 0.3) is 5.56 Å². The Hall–Kier alpha value is -2.94. The van der Waals surface area contributed by atoms with Gasteiger partial charge in [-0.1, -0.05) is 42.7 Å². The van der Waals surface area contributed by atoms with Crippen molar-refractivity contribution in [2.24, 2.45) is 0 Å². The molecular formula is C20H20FN5O2S. The number of hydrogen-bond acceptors (Lipinski definition) is 6. The summed E-state index contributed by atoms with van der Waals surface area (Å²) in [5, 5.41) is 16.4. The Bertz CT molecular complexity index is 1070. The number of nitrogens with zero attached hydrogens (tertiary/aromatic N) is 4. The van der Waals surface area contributed by atoms with E-state index in [9.17, 15) is 14.0 Å². The molecule has 1 amide bonds. The van der Waals surface area contributed by atoms with Gasteiger partial charge in [0.1, 0.15) is 17.4 Å². The third-order valence-corrected chi connectivity index (χ3v) is 5.95. The molecule has 1 aliphatic carbocycles. The second-order valence-electron chi connectivity index (χ2n) is 7.02. The topological polar surface area (TPSA) is 89.8 Å². The molecule has 0 atom stereocenters. The summed E-state index contributed by atoms with van der Waals surface area (Å²) in [6.07, 6.45) is 5.85. The SMILES string of the molecule is O=C(Cn1nc(-c2ccccc2F)ccc1=O)Nc1nnc(C2CCCCC2)s1. The molecule has 2 aromatic heterocycles. The molecular weight excluding hydrogens is 393 g/mol. The molecule has 0 aliphatic heterocycles. The first kappa shape index (κ1) is 19.4. The molecule has 3 aromatic rings. The molecule has 1 saturated carbocycles. The van der Waals surface area contributed by atoms with E-state index in [4.69, 9.17) is 0 Å². The maximum absolute atomic E-state index is 14.0. The van der Waals surface area contributed by atoms with Crippen LogP contribution in [0.5, 0.6) is 0 Å². The van der Waals surface area contributed by atoms with E-state index < -0.39 is 17.3 Å². The fraction of sp³-hybridized carbons (Fsp3) is 0.350. The van der Waals surface area contributed by atoms with Crippen LogP contribution in [0, 0.1) is 5.82 Å². The summed E-state index contributed by atoms with van der Waals surface area (Å²) in [5.74, 6) is -0.469. The highest BCUT2D eigenvalue weighted by Gasteiger charge is 2.20. The minimum Gasteiger partial charge on any atom is -0.299 e. The van der Waals surface area contributed by atoms with E-state index in [0.29, 0.717) is 11.0 Å². The van der Waals surface area contributed by atoms with Gasteiger partial charge in [-0.15, -0.1) is 10.2 Å². The quantitative estimate of drug-likeness (QED) is 0.690. The van der Waals surface area contributed by atoms with E-state index in [1.54, 1.807) is 18.2 Å². The summed E-state index contributed by atoms with van der Waals surface area (Å²) >= 11 is 1.37. The van der Waals surface area contributed by atoms with Gasteiger partial charge in [0, 0.05) is 17.5 Å². The van der Waals surface area contributed by atoms with Crippen LogP contribution in [0.25, 0.3) is 11.3 Å². The summed E-state index contributed by atoms with van der Waals surface area (Å²) in [6, 6.07) is 8.86. The van der Waals surface area contributed by atoms with E-state index in [2.05, 4.69) is 20.6 Å². The van der Waals surface area contributed by atoms with E-state index in [0.717, 1.165) is 22.5 Å².